The van der Waals surface area contributed by atoms with E-state index in [0.717, 1.165) is 16.4 Å². The minimum Gasteiger partial charge on any atom is -0.435 e. The third-order valence-electron chi connectivity index (χ3n) is 4.27. The van der Waals surface area contributed by atoms with E-state index >= 15 is 0 Å². The SMILES string of the molecule is Cc1ccccc1-n1ccnc1SCC(=O)NC(C)c1cccc(OC(F)F)c1. The number of ether oxygens (including phenoxy) is 1. The van der Waals surface area contributed by atoms with Crippen LogP contribution in [0.5, 0.6) is 5.75 Å². The standard InChI is InChI=1S/C21H21F2N3O2S/c1-14-6-3-4-9-18(14)26-11-10-24-21(26)29-13-19(27)25-15(2)16-7-5-8-17(12-16)28-20(22)23/h3-12,15,20H,13H2,1-2H3,(H,25,27). The largest absolute Gasteiger partial charge is 0.435 e. The number of carbonyl (C=O) groups excluding carboxylic acids is 1. The number of benzene rings is 2. The number of carbonyl (C=O) groups is 1. The lowest BCUT2D eigenvalue weighted by molar-refractivity contribution is -0.119. The lowest BCUT2D eigenvalue weighted by atomic mass is 10.1. The summed E-state index contributed by atoms with van der Waals surface area (Å²) in [5.74, 6) is 0.0655. The quantitative estimate of drug-likeness (QED) is 0.538. The maximum absolute atomic E-state index is 12.4. The highest BCUT2D eigenvalue weighted by molar-refractivity contribution is 7.99. The highest BCUT2D eigenvalue weighted by Crippen LogP contribution is 2.24. The van der Waals surface area contributed by atoms with Gasteiger partial charge in [0, 0.05) is 12.4 Å². The van der Waals surface area contributed by atoms with Crippen molar-refractivity contribution in [2.24, 2.45) is 0 Å². The number of imidazole rings is 1. The van der Waals surface area contributed by atoms with Gasteiger partial charge >= 0.3 is 6.61 Å². The molecule has 0 aliphatic carbocycles. The van der Waals surface area contributed by atoms with E-state index in [4.69, 9.17) is 0 Å². The molecule has 1 heterocycles. The van der Waals surface area contributed by atoms with Crippen LogP contribution in [0.3, 0.4) is 0 Å². The van der Waals surface area contributed by atoms with Gasteiger partial charge in [0.15, 0.2) is 5.16 Å². The Balaban J connectivity index is 1.60. The Kier molecular flexibility index (Phi) is 6.87. The summed E-state index contributed by atoms with van der Waals surface area (Å²) in [6, 6.07) is 13.9. The number of halogens is 2. The first-order valence-electron chi connectivity index (χ1n) is 9.00. The zero-order chi connectivity index (χ0) is 20.8. The molecule has 0 aliphatic heterocycles. The van der Waals surface area contributed by atoms with Gasteiger partial charge in [0.2, 0.25) is 5.91 Å². The van der Waals surface area contributed by atoms with Crippen molar-refractivity contribution in [2.75, 3.05) is 5.75 Å². The van der Waals surface area contributed by atoms with Crippen molar-refractivity contribution in [1.29, 1.82) is 0 Å². The first kappa shape index (κ1) is 20.9. The predicted octanol–water partition coefficient (Wildman–Crippen LogP) is 4.75. The van der Waals surface area contributed by atoms with Gasteiger partial charge in [-0.25, -0.2) is 4.98 Å². The molecule has 0 aliphatic rings. The zero-order valence-corrected chi connectivity index (χ0v) is 16.8. The van der Waals surface area contributed by atoms with Crippen molar-refractivity contribution in [3.63, 3.8) is 0 Å². The Labute approximate surface area is 172 Å². The number of hydrogen-bond donors (Lipinski definition) is 1. The Morgan fingerprint density at radius 1 is 1.24 bits per heavy atom. The number of amides is 1. The van der Waals surface area contributed by atoms with Crippen molar-refractivity contribution in [1.82, 2.24) is 14.9 Å². The van der Waals surface area contributed by atoms with Crippen LogP contribution in [0.15, 0.2) is 66.1 Å². The van der Waals surface area contributed by atoms with Crippen LogP contribution in [0.1, 0.15) is 24.1 Å². The van der Waals surface area contributed by atoms with Crippen LogP contribution in [0.25, 0.3) is 5.69 Å². The summed E-state index contributed by atoms with van der Waals surface area (Å²) in [7, 11) is 0. The first-order valence-corrected chi connectivity index (χ1v) is 9.99. The van der Waals surface area contributed by atoms with Gasteiger partial charge in [0.05, 0.1) is 17.5 Å². The number of nitrogens with zero attached hydrogens (tertiary/aromatic N) is 2. The highest BCUT2D eigenvalue weighted by atomic mass is 32.2. The molecule has 3 aromatic rings. The van der Waals surface area contributed by atoms with E-state index in [1.54, 1.807) is 25.3 Å². The Morgan fingerprint density at radius 3 is 2.79 bits per heavy atom. The van der Waals surface area contributed by atoms with Gasteiger partial charge in [0.25, 0.3) is 0 Å². The second-order valence-electron chi connectivity index (χ2n) is 6.40. The van der Waals surface area contributed by atoms with Crippen LogP contribution in [-0.2, 0) is 4.79 Å². The number of rotatable bonds is 8. The molecule has 0 saturated heterocycles. The summed E-state index contributed by atoms with van der Waals surface area (Å²) in [5, 5.41) is 3.59. The van der Waals surface area contributed by atoms with Gasteiger partial charge in [-0.15, -0.1) is 0 Å². The fraction of sp³-hybridized carbons (Fsp3) is 0.238. The van der Waals surface area contributed by atoms with E-state index < -0.39 is 6.61 Å². The molecule has 1 amide bonds. The summed E-state index contributed by atoms with van der Waals surface area (Å²) in [4.78, 5) is 16.7. The highest BCUT2D eigenvalue weighted by Gasteiger charge is 2.14. The average molecular weight is 417 g/mol. The minimum atomic E-state index is -2.89. The van der Waals surface area contributed by atoms with Crippen molar-refractivity contribution in [3.8, 4) is 11.4 Å². The zero-order valence-electron chi connectivity index (χ0n) is 16.0. The fourth-order valence-electron chi connectivity index (χ4n) is 2.87. The van der Waals surface area contributed by atoms with E-state index in [0.29, 0.717) is 5.56 Å². The number of aryl methyl sites for hydroxylation is 1. The van der Waals surface area contributed by atoms with Gasteiger partial charge < -0.3 is 10.1 Å². The molecule has 2 aromatic carbocycles. The Morgan fingerprint density at radius 2 is 2.03 bits per heavy atom. The molecule has 1 atom stereocenters. The summed E-state index contributed by atoms with van der Waals surface area (Å²) < 4.78 is 31.1. The minimum absolute atomic E-state index is 0.0632. The van der Waals surface area contributed by atoms with Gasteiger partial charge in [-0.3, -0.25) is 9.36 Å². The molecule has 1 aromatic heterocycles. The molecule has 0 fully saturated rings. The van der Waals surface area contributed by atoms with Crippen LogP contribution < -0.4 is 10.1 Å². The third kappa shape index (κ3) is 5.57. The molecule has 8 heteroatoms. The molecule has 0 spiro atoms. The fourth-order valence-corrected chi connectivity index (χ4v) is 3.65. The summed E-state index contributed by atoms with van der Waals surface area (Å²) >= 11 is 1.33. The van der Waals surface area contributed by atoms with Crippen LogP contribution in [-0.4, -0.2) is 27.8 Å². The third-order valence-corrected chi connectivity index (χ3v) is 5.24. The molecule has 0 radical (unpaired) electrons. The van der Waals surface area contributed by atoms with Crippen molar-refractivity contribution < 1.29 is 18.3 Å². The number of hydrogen-bond acceptors (Lipinski definition) is 4. The molecule has 3 rings (SSSR count). The normalized spacial score (nSPS) is 12.0. The van der Waals surface area contributed by atoms with Crippen LogP contribution >= 0.6 is 11.8 Å². The summed E-state index contributed by atoms with van der Waals surface area (Å²) in [5.41, 5.74) is 2.80. The predicted molar refractivity (Wildman–Crippen MR) is 109 cm³/mol. The first-order chi connectivity index (χ1) is 13.9. The van der Waals surface area contributed by atoms with E-state index in [1.165, 1.54) is 23.9 Å². The van der Waals surface area contributed by atoms with Crippen LogP contribution in [0.4, 0.5) is 8.78 Å². The van der Waals surface area contributed by atoms with Crippen LogP contribution in [0, 0.1) is 6.92 Å². The van der Waals surface area contributed by atoms with E-state index in [9.17, 15) is 13.6 Å². The maximum Gasteiger partial charge on any atom is 0.387 e. The van der Waals surface area contributed by atoms with E-state index in [-0.39, 0.29) is 23.5 Å². The molecule has 29 heavy (non-hydrogen) atoms. The molecular weight excluding hydrogens is 396 g/mol. The molecule has 5 nitrogen and oxygen atoms in total. The number of nitrogens with one attached hydrogen (secondary N) is 1. The molecule has 0 saturated carbocycles. The van der Waals surface area contributed by atoms with Crippen molar-refractivity contribution >= 4 is 17.7 Å². The monoisotopic (exact) mass is 417 g/mol. The second-order valence-corrected chi connectivity index (χ2v) is 7.34. The second kappa shape index (κ2) is 9.56. The van der Waals surface area contributed by atoms with Gasteiger partial charge in [-0.05, 0) is 43.2 Å². The lowest BCUT2D eigenvalue weighted by Crippen LogP contribution is -2.28. The van der Waals surface area contributed by atoms with Crippen molar-refractivity contribution in [3.05, 3.63) is 72.1 Å². The molecule has 152 valence electrons. The number of aromatic nitrogens is 2. The van der Waals surface area contributed by atoms with Gasteiger partial charge in [-0.1, -0.05) is 42.1 Å². The van der Waals surface area contributed by atoms with Gasteiger partial charge in [0.1, 0.15) is 5.75 Å². The number of alkyl halides is 2. The maximum atomic E-state index is 12.4. The Hall–Kier alpha value is -2.87. The summed E-state index contributed by atoms with van der Waals surface area (Å²) in [6.07, 6.45) is 3.56. The van der Waals surface area contributed by atoms with E-state index in [2.05, 4.69) is 15.0 Å². The lowest BCUT2D eigenvalue weighted by Gasteiger charge is -2.16. The molecule has 1 N–H and O–H groups in total. The number of thioether (sulfide) groups is 1. The smallest absolute Gasteiger partial charge is 0.387 e. The van der Waals surface area contributed by atoms with Gasteiger partial charge in [-0.2, -0.15) is 8.78 Å². The summed E-state index contributed by atoms with van der Waals surface area (Å²) in [6.45, 7) is 0.922. The number of para-hydroxylation sites is 1. The van der Waals surface area contributed by atoms with Crippen molar-refractivity contribution in [2.45, 2.75) is 31.7 Å². The van der Waals surface area contributed by atoms with E-state index in [1.807, 2.05) is 42.0 Å². The molecule has 0 bridgehead atoms. The average Bonchev–Trinajstić information content (AvgIpc) is 3.15. The van der Waals surface area contributed by atoms with Crippen LogP contribution in [0.2, 0.25) is 0 Å². The topological polar surface area (TPSA) is 56.2 Å². The molecular formula is C21H21F2N3O2S. The Bertz CT molecular complexity index is 978. The molecule has 1 unspecified atom stereocenters.